The van der Waals surface area contributed by atoms with E-state index in [1.54, 1.807) is 42.5 Å². The summed E-state index contributed by atoms with van der Waals surface area (Å²) in [5.41, 5.74) is 1.73. The molecule has 3 aromatic carbocycles. The van der Waals surface area contributed by atoms with Crippen LogP contribution >= 0.6 is 0 Å². The maximum Gasteiger partial charge on any atom is 0.261 e. The minimum Gasteiger partial charge on any atom is -0.352 e. The number of benzene rings is 3. The quantitative estimate of drug-likeness (QED) is 0.639. The van der Waals surface area contributed by atoms with Gasteiger partial charge in [-0.3, -0.25) is 9.52 Å². The van der Waals surface area contributed by atoms with Crippen molar-refractivity contribution in [3.8, 4) is 0 Å². The molecular weight excluding hydrogens is 379 g/mol. The van der Waals surface area contributed by atoms with Gasteiger partial charge in [0.15, 0.2) is 0 Å². The molecule has 0 fully saturated rings. The summed E-state index contributed by atoms with van der Waals surface area (Å²) in [6, 6.07) is 20.4. The number of anilines is 1. The van der Waals surface area contributed by atoms with Crippen molar-refractivity contribution in [1.29, 1.82) is 0 Å². The van der Waals surface area contributed by atoms with Gasteiger partial charge in [0.05, 0.1) is 4.90 Å². The number of para-hydroxylation sites is 1. The summed E-state index contributed by atoms with van der Waals surface area (Å²) in [5.74, 6) is -0.605. The highest BCUT2D eigenvalue weighted by molar-refractivity contribution is 7.92. The van der Waals surface area contributed by atoms with Crippen LogP contribution in [0.2, 0.25) is 0 Å². The van der Waals surface area contributed by atoms with Crippen molar-refractivity contribution in [2.24, 2.45) is 0 Å². The molecule has 0 heterocycles. The molecule has 0 aliphatic heterocycles. The third-order valence-corrected chi connectivity index (χ3v) is 5.46. The van der Waals surface area contributed by atoms with Crippen LogP contribution in [0.15, 0.2) is 83.8 Å². The fourth-order valence-corrected chi connectivity index (χ4v) is 3.64. The Labute approximate surface area is 163 Å². The highest BCUT2D eigenvalue weighted by atomic mass is 32.2. The first kappa shape index (κ1) is 19.6. The summed E-state index contributed by atoms with van der Waals surface area (Å²) in [5, 5.41) is 2.76. The molecule has 0 unspecified atom stereocenters. The average Bonchev–Trinajstić information content (AvgIpc) is 2.70. The molecule has 3 rings (SSSR count). The Morgan fingerprint density at radius 2 is 1.50 bits per heavy atom. The summed E-state index contributed by atoms with van der Waals surface area (Å²) in [4.78, 5) is 12.3. The predicted octanol–water partition coefficient (Wildman–Crippen LogP) is 3.60. The van der Waals surface area contributed by atoms with Crippen molar-refractivity contribution in [3.63, 3.8) is 0 Å². The van der Waals surface area contributed by atoms with Crippen LogP contribution in [0.1, 0.15) is 15.9 Å². The number of hydrogen-bond acceptors (Lipinski definition) is 3. The first-order chi connectivity index (χ1) is 13.4. The molecule has 7 heteroatoms. The second kappa shape index (κ2) is 8.67. The molecule has 0 aromatic heterocycles. The van der Waals surface area contributed by atoms with Crippen molar-refractivity contribution >= 4 is 21.6 Å². The van der Waals surface area contributed by atoms with Crippen molar-refractivity contribution in [2.45, 2.75) is 11.3 Å². The van der Waals surface area contributed by atoms with E-state index < -0.39 is 10.0 Å². The van der Waals surface area contributed by atoms with E-state index in [1.807, 2.05) is 0 Å². The number of hydrogen-bond donors (Lipinski definition) is 2. The summed E-state index contributed by atoms with van der Waals surface area (Å²) in [7, 11) is -3.72. The maximum absolute atomic E-state index is 12.9. The van der Waals surface area contributed by atoms with Gasteiger partial charge in [-0.25, -0.2) is 12.8 Å². The third kappa shape index (κ3) is 5.17. The molecule has 1 amide bonds. The largest absolute Gasteiger partial charge is 0.352 e. The molecule has 0 saturated carbocycles. The fourth-order valence-electron chi connectivity index (χ4n) is 2.58. The Morgan fingerprint density at radius 3 is 2.14 bits per heavy atom. The smallest absolute Gasteiger partial charge is 0.261 e. The second-order valence-corrected chi connectivity index (χ2v) is 7.81. The number of rotatable bonds is 7. The maximum atomic E-state index is 12.9. The molecule has 28 heavy (non-hydrogen) atoms. The molecule has 0 aliphatic carbocycles. The number of amides is 1. The van der Waals surface area contributed by atoms with E-state index in [9.17, 15) is 17.6 Å². The Bertz CT molecular complexity index is 1040. The topological polar surface area (TPSA) is 75.3 Å². The van der Waals surface area contributed by atoms with Crippen molar-refractivity contribution < 1.29 is 17.6 Å². The van der Waals surface area contributed by atoms with Gasteiger partial charge in [0.2, 0.25) is 0 Å². The van der Waals surface area contributed by atoms with Gasteiger partial charge in [0.1, 0.15) is 5.82 Å². The molecule has 144 valence electrons. The van der Waals surface area contributed by atoms with Crippen LogP contribution in [0.3, 0.4) is 0 Å². The number of sulfonamides is 1. The number of halogens is 1. The molecule has 3 aromatic rings. The van der Waals surface area contributed by atoms with Crippen molar-refractivity contribution in [2.75, 3.05) is 11.3 Å². The Balaban J connectivity index is 1.58. The summed E-state index contributed by atoms with van der Waals surface area (Å²) in [6.07, 6.45) is 0.569. The van der Waals surface area contributed by atoms with E-state index in [4.69, 9.17) is 0 Å². The van der Waals surface area contributed by atoms with Crippen molar-refractivity contribution in [3.05, 3.63) is 95.8 Å². The first-order valence-corrected chi connectivity index (χ1v) is 10.1. The molecular formula is C21H19FN2O3S. The van der Waals surface area contributed by atoms with Gasteiger partial charge in [0.25, 0.3) is 15.9 Å². The molecule has 2 N–H and O–H groups in total. The molecule has 0 aliphatic rings. The van der Waals surface area contributed by atoms with E-state index in [1.165, 1.54) is 36.4 Å². The van der Waals surface area contributed by atoms with Crippen molar-refractivity contribution in [1.82, 2.24) is 5.32 Å². The molecule has 0 bridgehead atoms. The predicted molar refractivity (Wildman–Crippen MR) is 106 cm³/mol. The Kier molecular flexibility index (Phi) is 6.06. The zero-order valence-corrected chi connectivity index (χ0v) is 15.7. The summed E-state index contributed by atoms with van der Waals surface area (Å²) >= 11 is 0. The first-order valence-electron chi connectivity index (χ1n) is 8.65. The van der Waals surface area contributed by atoms with Gasteiger partial charge in [-0.05, 0) is 60.5 Å². The van der Waals surface area contributed by atoms with E-state index in [0.717, 1.165) is 5.56 Å². The standard InChI is InChI=1S/C21H19FN2O3S/c22-18-10-6-16(7-11-18)14-15-23-21(25)17-8-12-20(13-9-17)28(26,27)24-19-4-2-1-3-5-19/h1-13,24H,14-15H2,(H,23,25). The lowest BCUT2D eigenvalue weighted by molar-refractivity contribution is 0.0954. The minimum absolute atomic E-state index is 0.0687. The van der Waals surface area contributed by atoms with Gasteiger partial charge in [-0.1, -0.05) is 30.3 Å². The van der Waals surface area contributed by atoms with Crippen LogP contribution in [0.4, 0.5) is 10.1 Å². The molecule has 0 spiro atoms. The van der Waals surface area contributed by atoms with E-state index in [2.05, 4.69) is 10.0 Å². The van der Waals surface area contributed by atoms with E-state index >= 15 is 0 Å². The third-order valence-electron chi connectivity index (χ3n) is 4.07. The van der Waals surface area contributed by atoms with Crippen LogP contribution in [-0.2, 0) is 16.4 Å². The SMILES string of the molecule is O=C(NCCc1ccc(F)cc1)c1ccc(S(=O)(=O)Nc2ccccc2)cc1. The fraction of sp³-hybridized carbons (Fsp3) is 0.0952. The summed E-state index contributed by atoms with van der Waals surface area (Å²) < 4.78 is 40.2. The zero-order chi connectivity index (χ0) is 20.0. The van der Waals surface area contributed by atoms with Gasteiger partial charge in [0, 0.05) is 17.8 Å². The van der Waals surface area contributed by atoms with E-state index in [-0.39, 0.29) is 16.6 Å². The summed E-state index contributed by atoms with van der Waals surface area (Å²) in [6.45, 7) is 0.389. The van der Waals surface area contributed by atoms with Crippen LogP contribution in [0.5, 0.6) is 0 Å². The molecule has 0 radical (unpaired) electrons. The van der Waals surface area contributed by atoms with Gasteiger partial charge >= 0.3 is 0 Å². The monoisotopic (exact) mass is 398 g/mol. The average molecular weight is 398 g/mol. The van der Waals surface area contributed by atoms with Gasteiger partial charge in [-0.15, -0.1) is 0 Å². The lowest BCUT2D eigenvalue weighted by atomic mass is 10.1. The Morgan fingerprint density at radius 1 is 0.857 bits per heavy atom. The number of carbonyl (C=O) groups excluding carboxylic acids is 1. The van der Waals surface area contributed by atoms with Crippen LogP contribution < -0.4 is 10.0 Å². The van der Waals surface area contributed by atoms with Gasteiger partial charge < -0.3 is 5.32 Å². The normalized spacial score (nSPS) is 11.0. The molecule has 0 atom stereocenters. The van der Waals surface area contributed by atoms with Crippen LogP contribution in [0, 0.1) is 5.82 Å². The highest BCUT2D eigenvalue weighted by Gasteiger charge is 2.15. The molecule has 5 nitrogen and oxygen atoms in total. The number of nitrogens with one attached hydrogen (secondary N) is 2. The lowest BCUT2D eigenvalue weighted by Gasteiger charge is -2.09. The zero-order valence-electron chi connectivity index (χ0n) is 14.9. The van der Waals surface area contributed by atoms with Crippen LogP contribution in [-0.4, -0.2) is 20.9 Å². The second-order valence-electron chi connectivity index (χ2n) is 6.13. The molecule has 0 saturated heterocycles. The highest BCUT2D eigenvalue weighted by Crippen LogP contribution is 2.16. The van der Waals surface area contributed by atoms with E-state index in [0.29, 0.717) is 24.2 Å². The Hall–Kier alpha value is -3.19. The minimum atomic E-state index is -3.72. The van der Waals surface area contributed by atoms with Gasteiger partial charge in [-0.2, -0.15) is 0 Å². The number of carbonyl (C=O) groups is 1. The lowest BCUT2D eigenvalue weighted by Crippen LogP contribution is -2.25. The van der Waals surface area contributed by atoms with Crippen LogP contribution in [0.25, 0.3) is 0 Å².